The standard InChI is InChI=1S/C42H27N4.Ir/c1-3-11-29(12-4-1)31-21-23-33(24-22-31)40-44-41(36-18-9-16-34(27-36)30-13-5-2-6-14-30)46-42(45-40)37-19-10-17-35(28-37)39-38-20-8-7-15-32(38)25-26-43-39;/h1-16,18-28H;/q-1;. The molecular weight excluding hydrogens is 753 g/mol. The van der Waals surface area contributed by atoms with Gasteiger partial charge in [-0.05, 0) is 50.9 Å². The number of fused-ring (bicyclic) bond motifs is 1. The van der Waals surface area contributed by atoms with Gasteiger partial charge in [0, 0.05) is 37.4 Å². The molecule has 0 aliphatic heterocycles. The maximum atomic E-state index is 5.04. The minimum Gasteiger partial charge on any atom is -0.304 e. The molecule has 47 heavy (non-hydrogen) atoms. The van der Waals surface area contributed by atoms with Crippen molar-refractivity contribution in [2.45, 2.75) is 0 Å². The van der Waals surface area contributed by atoms with Crippen LogP contribution in [0.2, 0.25) is 0 Å². The molecule has 0 unspecified atom stereocenters. The Morgan fingerprint density at radius 3 is 1.66 bits per heavy atom. The van der Waals surface area contributed by atoms with Crippen LogP contribution >= 0.6 is 0 Å². The first kappa shape index (κ1) is 30.1. The summed E-state index contributed by atoms with van der Waals surface area (Å²) >= 11 is 0. The quantitative estimate of drug-likeness (QED) is 0.158. The fraction of sp³-hybridized carbons (Fsp3) is 0. The first-order chi connectivity index (χ1) is 22.8. The van der Waals surface area contributed by atoms with Crippen LogP contribution in [0, 0.1) is 6.07 Å². The molecule has 8 aromatic rings. The summed E-state index contributed by atoms with van der Waals surface area (Å²) in [7, 11) is 0. The molecule has 0 bridgehead atoms. The SMILES string of the molecule is [Ir].[c-]1ccc(-c2nc(-c3ccc(-c4ccccc4)cc3)nc(-c3cccc(-c4ccccc4)c3)n2)cc1-c1nccc2ccccc12. The van der Waals surface area contributed by atoms with Crippen molar-refractivity contribution in [3.05, 3.63) is 170 Å². The van der Waals surface area contributed by atoms with Crippen LogP contribution in [0.5, 0.6) is 0 Å². The van der Waals surface area contributed by atoms with Crippen LogP contribution in [0.25, 0.3) is 78.4 Å². The van der Waals surface area contributed by atoms with Crippen molar-refractivity contribution in [1.82, 2.24) is 19.9 Å². The van der Waals surface area contributed by atoms with E-state index in [-0.39, 0.29) is 20.1 Å². The van der Waals surface area contributed by atoms with Gasteiger partial charge in [-0.15, -0.1) is 29.8 Å². The van der Waals surface area contributed by atoms with E-state index in [1.54, 1.807) is 0 Å². The van der Waals surface area contributed by atoms with Gasteiger partial charge in [0.15, 0.2) is 11.6 Å². The largest absolute Gasteiger partial charge is 0.304 e. The maximum Gasteiger partial charge on any atom is 0.164 e. The van der Waals surface area contributed by atoms with Gasteiger partial charge in [-0.1, -0.05) is 133 Å². The molecule has 0 saturated carbocycles. The molecule has 2 heterocycles. The molecule has 0 N–H and O–H groups in total. The molecule has 5 heteroatoms. The Bertz CT molecular complexity index is 2300. The van der Waals surface area contributed by atoms with Crippen molar-refractivity contribution in [2.75, 3.05) is 0 Å². The van der Waals surface area contributed by atoms with E-state index in [4.69, 9.17) is 19.9 Å². The summed E-state index contributed by atoms with van der Waals surface area (Å²) in [6.45, 7) is 0. The van der Waals surface area contributed by atoms with E-state index in [0.717, 1.165) is 55.4 Å². The van der Waals surface area contributed by atoms with Crippen LogP contribution < -0.4 is 0 Å². The van der Waals surface area contributed by atoms with Crippen LogP contribution in [-0.4, -0.2) is 19.9 Å². The van der Waals surface area contributed by atoms with Gasteiger partial charge in [-0.25, -0.2) is 15.0 Å². The normalized spacial score (nSPS) is 10.8. The maximum absolute atomic E-state index is 5.04. The van der Waals surface area contributed by atoms with E-state index in [1.165, 1.54) is 5.56 Å². The Morgan fingerprint density at radius 1 is 0.404 bits per heavy atom. The summed E-state index contributed by atoms with van der Waals surface area (Å²) in [5.41, 5.74) is 9.02. The average molecular weight is 780 g/mol. The third kappa shape index (κ3) is 6.28. The van der Waals surface area contributed by atoms with Crippen molar-refractivity contribution in [1.29, 1.82) is 0 Å². The molecular formula is C42H27IrN4-. The second kappa shape index (κ2) is 13.4. The van der Waals surface area contributed by atoms with Crippen LogP contribution in [0.15, 0.2) is 164 Å². The fourth-order valence-corrected chi connectivity index (χ4v) is 5.75. The van der Waals surface area contributed by atoms with Gasteiger partial charge in [0.25, 0.3) is 0 Å². The number of aromatic nitrogens is 4. The molecule has 1 radical (unpaired) electrons. The van der Waals surface area contributed by atoms with Crippen molar-refractivity contribution >= 4 is 10.8 Å². The summed E-state index contributed by atoms with van der Waals surface area (Å²) in [6, 6.07) is 57.1. The fourth-order valence-electron chi connectivity index (χ4n) is 5.75. The summed E-state index contributed by atoms with van der Waals surface area (Å²) in [4.78, 5) is 19.8. The monoisotopic (exact) mass is 780 g/mol. The van der Waals surface area contributed by atoms with Crippen LogP contribution in [0.1, 0.15) is 0 Å². The predicted octanol–water partition coefficient (Wildman–Crippen LogP) is 10.2. The Kier molecular flexibility index (Phi) is 8.57. The van der Waals surface area contributed by atoms with Gasteiger partial charge in [0.1, 0.15) is 5.82 Å². The third-order valence-electron chi connectivity index (χ3n) is 8.10. The second-order valence-electron chi connectivity index (χ2n) is 11.1. The zero-order valence-corrected chi connectivity index (χ0v) is 27.6. The topological polar surface area (TPSA) is 51.6 Å². The smallest absolute Gasteiger partial charge is 0.164 e. The van der Waals surface area contributed by atoms with E-state index in [9.17, 15) is 0 Å². The zero-order valence-electron chi connectivity index (χ0n) is 25.2. The number of benzene rings is 6. The van der Waals surface area contributed by atoms with E-state index in [2.05, 4.69) is 121 Å². The molecule has 0 aliphatic rings. The van der Waals surface area contributed by atoms with Crippen molar-refractivity contribution in [3.8, 4) is 67.7 Å². The molecule has 0 atom stereocenters. The predicted molar refractivity (Wildman–Crippen MR) is 187 cm³/mol. The molecule has 0 fully saturated rings. The van der Waals surface area contributed by atoms with Crippen molar-refractivity contribution in [3.63, 3.8) is 0 Å². The van der Waals surface area contributed by atoms with Gasteiger partial charge in [-0.3, -0.25) is 0 Å². The van der Waals surface area contributed by atoms with Gasteiger partial charge in [-0.2, -0.15) is 0 Å². The minimum absolute atomic E-state index is 0. The third-order valence-corrected chi connectivity index (χ3v) is 8.10. The Hall–Kier alpha value is -5.61. The molecule has 2 aromatic heterocycles. The summed E-state index contributed by atoms with van der Waals surface area (Å²) in [6.07, 6.45) is 1.84. The molecule has 0 spiro atoms. The molecule has 6 aromatic carbocycles. The molecule has 0 aliphatic carbocycles. The number of pyridine rings is 1. The Morgan fingerprint density at radius 2 is 0.936 bits per heavy atom. The van der Waals surface area contributed by atoms with Crippen molar-refractivity contribution < 1.29 is 20.1 Å². The van der Waals surface area contributed by atoms with Crippen LogP contribution in [0.3, 0.4) is 0 Å². The Balaban J connectivity index is 0.00000351. The summed E-state index contributed by atoms with van der Waals surface area (Å²) < 4.78 is 0. The van der Waals surface area contributed by atoms with E-state index in [1.807, 2.05) is 48.7 Å². The van der Waals surface area contributed by atoms with Gasteiger partial charge in [0.05, 0.1) is 0 Å². The van der Waals surface area contributed by atoms with E-state index < -0.39 is 0 Å². The van der Waals surface area contributed by atoms with Crippen LogP contribution in [0.4, 0.5) is 0 Å². The second-order valence-corrected chi connectivity index (χ2v) is 11.1. The molecule has 4 nitrogen and oxygen atoms in total. The summed E-state index contributed by atoms with van der Waals surface area (Å²) in [5.74, 6) is 1.82. The minimum atomic E-state index is 0. The molecule has 8 rings (SSSR count). The first-order valence-electron chi connectivity index (χ1n) is 15.2. The zero-order chi connectivity index (χ0) is 30.7. The molecule has 225 valence electrons. The Labute approximate surface area is 287 Å². The number of rotatable bonds is 6. The van der Waals surface area contributed by atoms with Gasteiger partial charge in [0.2, 0.25) is 0 Å². The molecule has 0 amide bonds. The van der Waals surface area contributed by atoms with Crippen molar-refractivity contribution in [2.24, 2.45) is 0 Å². The number of hydrogen-bond acceptors (Lipinski definition) is 4. The molecule has 0 saturated heterocycles. The number of hydrogen-bond donors (Lipinski definition) is 0. The van der Waals surface area contributed by atoms with Gasteiger partial charge < -0.3 is 4.98 Å². The first-order valence-corrected chi connectivity index (χ1v) is 15.2. The number of nitrogens with zero attached hydrogens (tertiary/aromatic N) is 4. The van der Waals surface area contributed by atoms with E-state index in [0.29, 0.717) is 17.5 Å². The average Bonchev–Trinajstić information content (AvgIpc) is 3.15. The summed E-state index contributed by atoms with van der Waals surface area (Å²) in [5, 5.41) is 2.21. The van der Waals surface area contributed by atoms with Crippen LogP contribution in [-0.2, 0) is 20.1 Å². The van der Waals surface area contributed by atoms with E-state index >= 15 is 0 Å². The van der Waals surface area contributed by atoms with Gasteiger partial charge >= 0.3 is 0 Å².